The highest BCUT2D eigenvalue weighted by Crippen LogP contribution is 2.29. The van der Waals surface area contributed by atoms with Crippen molar-refractivity contribution >= 4 is 12.0 Å². The first-order valence-corrected chi connectivity index (χ1v) is 7.41. The van der Waals surface area contributed by atoms with Gasteiger partial charge in [-0.1, -0.05) is 13.0 Å². The maximum Gasteiger partial charge on any atom is 0.262 e. The lowest BCUT2D eigenvalue weighted by Gasteiger charge is -2.10. The molecule has 116 valence electrons. The number of benzene rings is 1. The van der Waals surface area contributed by atoms with E-state index in [1.165, 1.54) is 0 Å². The van der Waals surface area contributed by atoms with Crippen LogP contribution in [0.5, 0.6) is 11.5 Å². The Morgan fingerprint density at radius 1 is 1.45 bits per heavy atom. The van der Waals surface area contributed by atoms with Gasteiger partial charge in [0.1, 0.15) is 11.6 Å². The molecule has 0 aliphatic heterocycles. The Morgan fingerprint density at radius 3 is 2.82 bits per heavy atom. The molecule has 5 nitrogen and oxygen atoms in total. The van der Waals surface area contributed by atoms with Crippen LogP contribution < -0.4 is 14.8 Å². The normalized spacial score (nSPS) is 14.1. The summed E-state index contributed by atoms with van der Waals surface area (Å²) in [5.41, 5.74) is 0.827. The van der Waals surface area contributed by atoms with Crippen molar-refractivity contribution in [2.45, 2.75) is 32.2 Å². The van der Waals surface area contributed by atoms with E-state index in [0.29, 0.717) is 18.1 Å². The molecular weight excluding hydrogens is 280 g/mol. The average molecular weight is 300 g/mol. The summed E-state index contributed by atoms with van der Waals surface area (Å²) >= 11 is 0. The number of nitriles is 1. The number of hydrogen-bond acceptors (Lipinski definition) is 4. The monoisotopic (exact) mass is 300 g/mol. The first-order valence-electron chi connectivity index (χ1n) is 7.41. The minimum atomic E-state index is -0.322. The zero-order chi connectivity index (χ0) is 15.9. The number of rotatable bonds is 7. The Morgan fingerprint density at radius 2 is 2.23 bits per heavy atom. The fraction of sp³-hybridized carbons (Fsp3) is 0.412. The third-order valence-electron chi connectivity index (χ3n) is 3.24. The number of hydrogen-bond donors (Lipinski definition) is 1. The molecule has 0 bridgehead atoms. The second-order valence-corrected chi connectivity index (χ2v) is 5.18. The lowest BCUT2D eigenvalue weighted by molar-refractivity contribution is -0.117. The quantitative estimate of drug-likeness (QED) is 0.621. The molecule has 1 aliphatic carbocycles. The van der Waals surface area contributed by atoms with Crippen LogP contribution in [0.1, 0.15) is 31.7 Å². The van der Waals surface area contributed by atoms with Crippen molar-refractivity contribution in [1.29, 1.82) is 5.26 Å². The van der Waals surface area contributed by atoms with E-state index in [9.17, 15) is 4.79 Å². The summed E-state index contributed by atoms with van der Waals surface area (Å²) in [6, 6.07) is 7.51. The summed E-state index contributed by atoms with van der Waals surface area (Å²) in [5.74, 6) is 0.918. The summed E-state index contributed by atoms with van der Waals surface area (Å²) in [4.78, 5) is 12.0. The molecule has 5 heteroatoms. The van der Waals surface area contributed by atoms with Gasteiger partial charge in [0.2, 0.25) is 0 Å². The fourth-order valence-electron chi connectivity index (χ4n) is 1.91. The molecule has 1 N–H and O–H groups in total. The number of nitrogens with zero attached hydrogens (tertiary/aromatic N) is 1. The number of nitrogens with one attached hydrogen (secondary N) is 1. The van der Waals surface area contributed by atoms with Crippen LogP contribution >= 0.6 is 0 Å². The zero-order valence-corrected chi connectivity index (χ0v) is 12.9. The highest BCUT2D eigenvalue weighted by Gasteiger charge is 2.24. The van der Waals surface area contributed by atoms with Crippen LogP contribution in [0.2, 0.25) is 0 Å². The molecule has 0 atom stereocenters. The molecular formula is C17H20N2O3. The molecule has 0 radical (unpaired) electrons. The fourth-order valence-corrected chi connectivity index (χ4v) is 1.91. The van der Waals surface area contributed by atoms with Crippen molar-refractivity contribution in [2.24, 2.45) is 0 Å². The molecule has 0 aromatic heterocycles. The van der Waals surface area contributed by atoms with Crippen LogP contribution in [-0.2, 0) is 4.79 Å². The molecule has 0 spiro atoms. The standard InChI is InChI=1S/C17H20N2O3/c1-3-8-22-16-10-12(4-7-15(16)21-2)9-13(11-18)17(20)19-14-5-6-14/h4,7,9-10,14H,3,5-6,8H2,1-2H3,(H,19,20)/b13-9+. The van der Waals surface area contributed by atoms with Gasteiger partial charge in [-0.2, -0.15) is 5.26 Å². The molecule has 0 unspecified atom stereocenters. The molecule has 0 heterocycles. The van der Waals surface area contributed by atoms with Gasteiger partial charge in [-0.25, -0.2) is 0 Å². The van der Waals surface area contributed by atoms with Gasteiger partial charge in [-0.3, -0.25) is 4.79 Å². The van der Waals surface area contributed by atoms with Gasteiger partial charge in [-0.15, -0.1) is 0 Å². The SMILES string of the molecule is CCCOc1cc(/C=C(\C#N)C(=O)NC2CC2)ccc1OC. The van der Waals surface area contributed by atoms with Crippen LogP contribution in [0.15, 0.2) is 23.8 Å². The molecule has 22 heavy (non-hydrogen) atoms. The number of methoxy groups -OCH3 is 1. The van der Waals surface area contributed by atoms with Crippen LogP contribution in [0.25, 0.3) is 6.08 Å². The first kappa shape index (κ1) is 15.9. The molecule has 1 saturated carbocycles. The highest BCUT2D eigenvalue weighted by molar-refractivity contribution is 6.02. The van der Waals surface area contributed by atoms with E-state index in [1.807, 2.05) is 13.0 Å². The summed E-state index contributed by atoms with van der Waals surface area (Å²) in [7, 11) is 1.58. The van der Waals surface area contributed by atoms with Gasteiger partial charge in [0.15, 0.2) is 11.5 Å². The van der Waals surface area contributed by atoms with E-state index in [2.05, 4.69) is 5.32 Å². The van der Waals surface area contributed by atoms with Crippen molar-refractivity contribution in [3.05, 3.63) is 29.3 Å². The van der Waals surface area contributed by atoms with E-state index in [1.54, 1.807) is 31.4 Å². The average Bonchev–Trinajstić information content (AvgIpc) is 3.34. The maximum atomic E-state index is 12.0. The van der Waals surface area contributed by atoms with E-state index in [-0.39, 0.29) is 17.5 Å². The van der Waals surface area contributed by atoms with Gasteiger partial charge in [0.25, 0.3) is 5.91 Å². The largest absolute Gasteiger partial charge is 0.493 e. The second kappa shape index (κ2) is 7.51. The molecule has 1 fully saturated rings. The Hall–Kier alpha value is -2.48. The van der Waals surface area contributed by atoms with E-state index in [0.717, 1.165) is 24.8 Å². The molecule has 2 rings (SSSR count). The Kier molecular flexibility index (Phi) is 5.42. The summed E-state index contributed by atoms with van der Waals surface area (Å²) in [6.45, 7) is 2.60. The molecule has 1 aliphatic rings. The van der Waals surface area contributed by atoms with Crippen LogP contribution in [-0.4, -0.2) is 25.7 Å². The predicted octanol–water partition coefficient (Wildman–Crippen LogP) is 2.67. The Bertz CT molecular complexity index is 613. The number of ether oxygens (including phenoxy) is 2. The maximum absolute atomic E-state index is 12.0. The topological polar surface area (TPSA) is 71.3 Å². The summed E-state index contributed by atoms with van der Waals surface area (Å²) < 4.78 is 10.9. The van der Waals surface area contributed by atoms with Gasteiger partial charge < -0.3 is 14.8 Å². The van der Waals surface area contributed by atoms with Gasteiger partial charge in [0, 0.05) is 6.04 Å². The van der Waals surface area contributed by atoms with Crippen molar-refractivity contribution < 1.29 is 14.3 Å². The first-order chi connectivity index (χ1) is 10.7. The van der Waals surface area contributed by atoms with E-state index in [4.69, 9.17) is 14.7 Å². The van der Waals surface area contributed by atoms with E-state index >= 15 is 0 Å². The summed E-state index contributed by atoms with van der Waals surface area (Å²) in [5, 5.41) is 12.0. The molecule has 1 aromatic carbocycles. The van der Waals surface area contributed by atoms with Crippen molar-refractivity contribution in [1.82, 2.24) is 5.32 Å². The van der Waals surface area contributed by atoms with Crippen LogP contribution in [0.3, 0.4) is 0 Å². The van der Waals surface area contributed by atoms with Gasteiger partial charge in [-0.05, 0) is 43.0 Å². The number of amides is 1. The van der Waals surface area contributed by atoms with Crippen molar-refractivity contribution in [2.75, 3.05) is 13.7 Å². The minimum absolute atomic E-state index is 0.0958. The molecule has 0 saturated heterocycles. The Balaban J connectivity index is 2.20. The number of carbonyl (C=O) groups excluding carboxylic acids is 1. The Labute approximate surface area is 130 Å². The second-order valence-electron chi connectivity index (χ2n) is 5.18. The van der Waals surface area contributed by atoms with Crippen LogP contribution in [0.4, 0.5) is 0 Å². The van der Waals surface area contributed by atoms with E-state index < -0.39 is 0 Å². The highest BCUT2D eigenvalue weighted by atomic mass is 16.5. The lowest BCUT2D eigenvalue weighted by atomic mass is 10.1. The van der Waals surface area contributed by atoms with Gasteiger partial charge >= 0.3 is 0 Å². The van der Waals surface area contributed by atoms with Crippen LogP contribution in [0, 0.1) is 11.3 Å². The number of carbonyl (C=O) groups is 1. The molecule has 1 amide bonds. The molecule has 1 aromatic rings. The third-order valence-corrected chi connectivity index (χ3v) is 3.24. The predicted molar refractivity (Wildman–Crippen MR) is 83.5 cm³/mol. The van der Waals surface area contributed by atoms with Crippen molar-refractivity contribution in [3.63, 3.8) is 0 Å². The lowest BCUT2D eigenvalue weighted by Crippen LogP contribution is -2.26. The smallest absolute Gasteiger partial charge is 0.262 e. The summed E-state index contributed by atoms with van der Waals surface area (Å²) in [6.07, 6.45) is 4.43. The minimum Gasteiger partial charge on any atom is -0.493 e. The zero-order valence-electron chi connectivity index (χ0n) is 12.9. The van der Waals surface area contributed by atoms with Crippen molar-refractivity contribution in [3.8, 4) is 17.6 Å². The third kappa shape index (κ3) is 4.26. The van der Waals surface area contributed by atoms with Gasteiger partial charge in [0.05, 0.1) is 13.7 Å².